The van der Waals surface area contributed by atoms with Gasteiger partial charge in [0, 0.05) is 6.04 Å². The average molecular weight is 383 g/mol. The molecule has 1 N–H and O–H groups in total. The van der Waals surface area contributed by atoms with Crippen LogP contribution in [0.15, 0.2) is 36.9 Å². The Morgan fingerprint density at radius 1 is 1.21 bits per heavy atom. The molecule has 1 amide bonds. The largest absolute Gasteiger partial charge is 0.348 e. The summed E-state index contributed by atoms with van der Waals surface area (Å²) in [5.74, 6) is 0.518. The molecule has 0 fully saturated rings. The third-order valence-corrected chi connectivity index (χ3v) is 4.63. The van der Waals surface area contributed by atoms with Crippen LogP contribution in [0.25, 0.3) is 5.69 Å². The van der Waals surface area contributed by atoms with Gasteiger partial charge in [-0.3, -0.25) is 9.69 Å². The van der Waals surface area contributed by atoms with E-state index in [4.69, 9.17) is 0 Å². The second-order valence-corrected chi connectivity index (χ2v) is 6.98. The topological polar surface area (TPSA) is 107 Å². The Bertz CT molecular complexity index is 886. The molecule has 10 heteroatoms. The number of nitrogens with zero attached hydrogens (tertiary/aromatic N) is 8. The van der Waals surface area contributed by atoms with E-state index in [2.05, 4.69) is 49.7 Å². The number of benzene rings is 1. The predicted molar refractivity (Wildman–Crippen MR) is 102 cm³/mol. The highest BCUT2D eigenvalue weighted by Crippen LogP contribution is 2.15. The van der Waals surface area contributed by atoms with Crippen molar-refractivity contribution >= 4 is 5.91 Å². The maximum absolute atomic E-state index is 12.5. The fourth-order valence-electron chi connectivity index (χ4n) is 2.63. The minimum Gasteiger partial charge on any atom is -0.348 e. The Balaban J connectivity index is 1.58. The van der Waals surface area contributed by atoms with Gasteiger partial charge in [-0.05, 0) is 55.9 Å². The number of amides is 1. The van der Waals surface area contributed by atoms with Crippen molar-refractivity contribution in [3.63, 3.8) is 0 Å². The predicted octanol–water partition coefficient (Wildman–Crippen LogP) is 0.971. The van der Waals surface area contributed by atoms with E-state index in [1.54, 1.807) is 11.0 Å². The van der Waals surface area contributed by atoms with Crippen LogP contribution < -0.4 is 5.32 Å². The van der Waals surface area contributed by atoms with E-state index in [1.807, 2.05) is 38.2 Å². The SMILES string of the molecule is CC(C)N(C)Cc1nnnn1CC(=O)N[C@@H](C)c1ccc(-n2cncn2)cc1. The van der Waals surface area contributed by atoms with E-state index in [0.29, 0.717) is 18.4 Å². The summed E-state index contributed by atoms with van der Waals surface area (Å²) < 4.78 is 3.22. The van der Waals surface area contributed by atoms with Crippen LogP contribution >= 0.6 is 0 Å². The number of hydrogen-bond acceptors (Lipinski definition) is 7. The van der Waals surface area contributed by atoms with Crippen LogP contribution in [0.1, 0.15) is 38.2 Å². The first-order chi connectivity index (χ1) is 13.4. The molecule has 0 saturated carbocycles. The first-order valence-electron chi connectivity index (χ1n) is 9.13. The molecule has 2 heterocycles. The summed E-state index contributed by atoms with van der Waals surface area (Å²) in [7, 11) is 1.99. The molecule has 1 atom stereocenters. The second kappa shape index (κ2) is 8.70. The standard InChI is InChI=1S/C18H25N9O/c1-13(2)25(4)9-17-22-23-24-26(17)10-18(28)21-14(3)15-5-7-16(8-6-15)27-12-19-11-20-27/h5-8,11-14H,9-10H2,1-4H3,(H,21,28)/t14-/m0/s1. The number of rotatable bonds is 8. The van der Waals surface area contributed by atoms with Gasteiger partial charge in [0.1, 0.15) is 19.2 Å². The minimum absolute atomic E-state index is 0.0790. The number of hydrogen-bond donors (Lipinski definition) is 1. The summed E-state index contributed by atoms with van der Waals surface area (Å²) >= 11 is 0. The maximum Gasteiger partial charge on any atom is 0.242 e. The summed E-state index contributed by atoms with van der Waals surface area (Å²) in [4.78, 5) is 18.5. The van der Waals surface area contributed by atoms with Crippen molar-refractivity contribution < 1.29 is 4.79 Å². The van der Waals surface area contributed by atoms with Crippen molar-refractivity contribution in [2.24, 2.45) is 0 Å². The van der Waals surface area contributed by atoms with Gasteiger partial charge < -0.3 is 5.32 Å². The lowest BCUT2D eigenvalue weighted by atomic mass is 10.1. The van der Waals surface area contributed by atoms with Crippen LogP contribution in [-0.4, -0.2) is 58.9 Å². The van der Waals surface area contributed by atoms with E-state index in [9.17, 15) is 4.79 Å². The average Bonchev–Trinajstić information content (AvgIpc) is 3.34. The lowest BCUT2D eigenvalue weighted by molar-refractivity contribution is -0.122. The highest BCUT2D eigenvalue weighted by atomic mass is 16.2. The van der Waals surface area contributed by atoms with Gasteiger partial charge in [-0.1, -0.05) is 12.1 Å². The molecule has 0 radical (unpaired) electrons. The summed E-state index contributed by atoms with van der Waals surface area (Å²) in [6.45, 7) is 6.79. The molecule has 0 aliphatic rings. The Morgan fingerprint density at radius 2 is 1.96 bits per heavy atom. The summed E-state index contributed by atoms with van der Waals surface area (Å²) in [5.41, 5.74) is 1.90. The van der Waals surface area contributed by atoms with Gasteiger partial charge >= 0.3 is 0 Å². The Kier molecular flexibility index (Phi) is 6.09. The molecule has 0 aliphatic carbocycles. The Labute approximate surface area is 163 Å². The number of nitrogens with one attached hydrogen (secondary N) is 1. The number of tetrazole rings is 1. The quantitative estimate of drug-likeness (QED) is 0.618. The van der Waals surface area contributed by atoms with Crippen LogP contribution in [0.3, 0.4) is 0 Å². The molecular formula is C18H25N9O. The fourth-order valence-corrected chi connectivity index (χ4v) is 2.63. The molecule has 3 aromatic rings. The first kappa shape index (κ1) is 19.6. The van der Waals surface area contributed by atoms with Crippen LogP contribution in [-0.2, 0) is 17.9 Å². The third kappa shape index (κ3) is 4.77. The maximum atomic E-state index is 12.5. The van der Waals surface area contributed by atoms with E-state index in [1.165, 1.54) is 11.0 Å². The smallest absolute Gasteiger partial charge is 0.242 e. The van der Waals surface area contributed by atoms with Gasteiger partial charge in [0.2, 0.25) is 5.91 Å². The van der Waals surface area contributed by atoms with Crippen molar-refractivity contribution in [2.45, 2.75) is 45.9 Å². The van der Waals surface area contributed by atoms with Gasteiger partial charge in [-0.15, -0.1) is 5.10 Å². The first-order valence-corrected chi connectivity index (χ1v) is 9.13. The number of carbonyl (C=O) groups is 1. The highest BCUT2D eigenvalue weighted by Gasteiger charge is 2.16. The minimum atomic E-state index is -0.145. The monoisotopic (exact) mass is 383 g/mol. The molecule has 0 spiro atoms. The van der Waals surface area contributed by atoms with Gasteiger partial charge in [0.25, 0.3) is 0 Å². The Morgan fingerprint density at radius 3 is 2.61 bits per heavy atom. The molecule has 0 unspecified atom stereocenters. The molecular weight excluding hydrogens is 358 g/mol. The lowest BCUT2D eigenvalue weighted by Gasteiger charge is -2.20. The van der Waals surface area contributed by atoms with Crippen molar-refractivity contribution in [3.8, 4) is 5.69 Å². The molecule has 0 aliphatic heterocycles. The molecule has 28 heavy (non-hydrogen) atoms. The molecule has 0 saturated heterocycles. The van der Waals surface area contributed by atoms with Gasteiger partial charge in [-0.2, -0.15) is 5.10 Å². The zero-order valence-electron chi connectivity index (χ0n) is 16.5. The second-order valence-electron chi connectivity index (χ2n) is 6.98. The zero-order chi connectivity index (χ0) is 20.1. The van der Waals surface area contributed by atoms with Crippen LogP contribution in [0, 0.1) is 0 Å². The van der Waals surface area contributed by atoms with Gasteiger partial charge in [-0.25, -0.2) is 14.3 Å². The van der Waals surface area contributed by atoms with Crippen LogP contribution in [0.2, 0.25) is 0 Å². The zero-order valence-corrected chi connectivity index (χ0v) is 16.5. The summed E-state index contributed by atoms with van der Waals surface area (Å²) in [6.07, 6.45) is 3.13. The van der Waals surface area contributed by atoms with E-state index in [-0.39, 0.29) is 18.5 Å². The molecule has 148 valence electrons. The lowest BCUT2D eigenvalue weighted by Crippen LogP contribution is -2.32. The molecule has 3 rings (SSSR count). The van der Waals surface area contributed by atoms with Crippen LogP contribution in [0.4, 0.5) is 0 Å². The normalized spacial score (nSPS) is 12.5. The molecule has 0 bridgehead atoms. The highest BCUT2D eigenvalue weighted by molar-refractivity contribution is 5.76. The van der Waals surface area contributed by atoms with Crippen LogP contribution in [0.5, 0.6) is 0 Å². The van der Waals surface area contributed by atoms with Gasteiger partial charge in [0.05, 0.1) is 18.3 Å². The number of aromatic nitrogens is 7. The number of carbonyl (C=O) groups excluding carboxylic acids is 1. The summed E-state index contributed by atoms with van der Waals surface area (Å²) in [6, 6.07) is 8.02. The van der Waals surface area contributed by atoms with E-state index in [0.717, 1.165) is 11.3 Å². The van der Waals surface area contributed by atoms with Crippen molar-refractivity contribution in [3.05, 3.63) is 48.3 Å². The Hall–Kier alpha value is -3.14. The molecule has 2 aromatic heterocycles. The molecule has 1 aromatic carbocycles. The third-order valence-electron chi connectivity index (χ3n) is 4.63. The summed E-state index contributed by atoms with van der Waals surface area (Å²) in [5, 5.41) is 18.8. The van der Waals surface area contributed by atoms with E-state index >= 15 is 0 Å². The fraction of sp³-hybridized carbons (Fsp3) is 0.444. The van der Waals surface area contributed by atoms with Crippen molar-refractivity contribution in [1.29, 1.82) is 0 Å². The molecule has 10 nitrogen and oxygen atoms in total. The van der Waals surface area contributed by atoms with Crippen molar-refractivity contribution in [2.75, 3.05) is 7.05 Å². The van der Waals surface area contributed by atoms with Crippen molar-refractivity contribution in [1.82, 2.24) is 45.2 Å². The van der Waals surface area contributed by atoms with E-state index < -0.39 is 0 Å². The van der Waals surface area contributed by atoms with Gasteiger partial charge in [0.15, 0.2) is 5.82 Å².